The first-order valence-corrected chi connectivity index (χ1v) is 11.5. The zero-order valence-corrected chi connectivity index (χ0v) is 20.2. The van der Waals surface area contributed by atoms with Crippen LogP contribution < -0.4 is 10.9 Å². The van der Waals surface area contributed by atoms with E-state index < -0.39 is 0 Å². The molecule has 5 rings (SSSR count). The zero-order valence-electron chi connectivity index (χ0n) is 19.5. The van der Waals surface area contributed by atoms with Gasteiger partial charge in [-0.25, -0.2) is 4.98 Å². The number of aromatic nitrogens is 3. The summed E-state index contributed by atoms with van der Waals surface area (Å²) in [5.41, 5.74) is 3.54. The van der Waals surface area contributed by atoms with Crippen molar-refractivity contribution < 1.29 is 0 Å². The average Bonchev–Trinajstić information content (AvgIpc) is 3.09. The number of aromatic amines is 1. The van der Waals surface area contributed by atoms with Gasteiger partial charge in [-0.1, -0.05) is 50.6 Å². The Morgan fingerprint density at radius 2 is 1.82 bits per heavy atom. The fourth-order valence-electron chi connectivity index (χ4n) is 4.28. The normalized spacial score (nSPS) is 13.2. The lowest BCUT2D eigenvalue weighted by Crippen LogP contribution is -2.31. The molecule has 168 valence electrons. The summed E-state index contributed by atoms with van der Waals surface area (Å²) in [6.45, 7) is 8.72. The fourth-order valence-corrected chi connectivity index (χ4v) is 4.45. The first-order chi connectivity index (χ1) is 15.6. The van der Waals surface area contributed by atoms with Crippen molar-refractivity contribution >= 4 is 50.0 Å². The van der Waals surface area contributed by atoms with Gasteiger partial charge in [0.2, 0.25) is 0 Å². The van der Waals surface area contributed by atoms with Crippen LogP contribution >= 0.6 is 11.6 Å². The Hall–Kier alpha value is -3.31. The highest BCUT2D eigenvalue weighted by Gasteiger charge is 2.23. The van der Waals surface area contributed by atoms with Gasteiger partial charge in [0.15, 0.2) is 0 Å². The summed E-state index contributed by atoms with van der Waals surface area (Å²) >= 11 is 6.38. The summed E-state index contributed by atoms with van der Waals surface area (Å²) in [6.07, 6.45) is 3.86. The van der Waals surface area contributed by atoms with E-state index in [9.17, 15) is 4.79 Å². The summed E-state index contributed by atoms with van der Waals surface area (Å²) in [7, 11) is 2.03. The second-order valence-corrected chi connectivity index (χ2v) is 10.2. The van der Waals surface area contributed by atoms with Crippen LogP contribution in [0.25, 0.3) is 43.7 Å². The monoisotopic (exact) mass is 458 g/mol. The number of nitrogens with zero attached hydrogens (tertiary/aromatic N) is 2. The number of hydrogen-bond donors (Lipinski definition) is 2. The van der Waals surface area contributed by atoms with E-state index in [2.05, 4.69) is 60.9 Å². The lowest BCUT2D eigenvalue weighted by atomic mass is 9.88. The van der Waals surface area contributed by atoms with E-state index in [1.165, 1.54) is 0 Å². The molecule has 0 aliphatic rings. The number of rotatable bonds is 3. The Kier molecular flexibility index (Phi) is 4.98. The molecule has 3 heterocycles. The fraction of sp³-hybridized carbons (Fsp3) is 0.259. The minimum Gasteiger partial charge on any atom is -0.367 e. The quantitative estimate of drug-likeness (QED) is 0.294. The average molecular weight is 459 g/mol. The molecule has 0 aliphatic carbocycles. The number of halogens is 1. The van der Waals surface area contributed by atoms with Gasteiger partial charge in [0.25, 0.3) is 5.56 Å². The highest BCUT2D eigenvalue weighted by molar-refractivity contribution is 6.32. The summed E-state index contributed by atoms with van der Waals surface area (Å²) in [5, 5.41) is 7.52. The first kappa shape index (κ1) is 21.5. The third kappa shape index (κ3) is 3.57. The first-order valence-electron chi connectivity index (χ1n) is 11.1. The van der Waals surface area contributed by atoms with Crippen LogP contribution in [-0.4, -0.2) is 20.6 Å². The molecule has 5 nitrogen and oxygen atoms in total. The van der Waals surface area contributed by atoms with Crippen LogP contribution in [0.5, 0.6) is 0 Å². The van der Waals surface area contributed by atoms with E-state index in [1.807, 2.05) is 37.4 Å². The maximum Gasteiger partial charge on any atom is 0.258 e. The smallest absolute Gasteiger partial charge is 0.258 e. The van der Waals surface area contributed by atoms with Gasteiger partial charge >= 0.3 is 0 Å². The van der Waals surface area contributed by atoms with Gasteiger partial charge in [-0.05, 0) is 36.6 Å². The van der Waals surface area contributed by atoms with Crippen molar-refractivity contribution in [3.05, 3.63) is 70.2 Å². The van der Waals surface area contributed by atoms with E-state index in [0.717, 1.165) is 38.6 Å². The minimum absolute atomic E-state index is 0.0298. The predicted octanol–water partition coefficient (Wildman–Crippen LogP) is 6.73. The van der Waals surface area contributed by atoms with Crippen LogP contribution in [0.15, 0.2) is 59.7 Å². The van der Waals surface area contributed by atoms with Crippen molar-refractivity contribution in [3.8, 4) is 11.1 Å². The van der Waals surface area contributed by atoms with Gasteiger partial charge in [0, 0.05) is 63.3 Å². The standard InChI is InChI=1S/C27H27ClN4O/c1-15(27(2,3)4)30-25-18-11-10-16(28)12-19(18)23-24(31-25)20(13-29-26(23)33)21-14-32(5)22-9-7-6-8-17(21)22/h6-15H,1-5H3,(H,29,33)(H,30,31). The number of para-hydroxylation sites is 1. The number of aryl methyl sites for hydroxylation is 1. The van der Waals surface area contributed by atoms with Crippen LogP contribution in [0.4, 0.5) is 5.82 Å². The second-order valence-electron chi connectivity index (χ2n) is 9.81. The molecule has 0 amide bonds. The molecule has 0 radical (unpaired) electrons. The molecule has 1 unspecified atom stereocenters. The van der Waals surface area contributed by atoms with E-state index in [4.69, 9.17) is 16.6 Å². The number of H-pyrrole nitrogens is 1. The maximum atomic E-state index is 13.1. The van der Waals surface area contributed by atoms with Gasteiger partial charge in [-0.15, -0.1) is 0 Å². The number of nitrogens with one attached hydrogen (secondary N) is 2. The predicted molar refractivity (Wildman–Crippen MR) is 139 cm³/mol. The lowest BCUT2D eigenvalue weighted by molar-refractivity contribution is 0.359. The number of hydrogen-bond acceptors (Lipinski definition) is 3. The molecular formula is C27H27ClN4O. The molecule has 1 atom stereocenters. The van der Waals surface area contributed by atoms with Crippen LogP contribution in [-0.2, 0) is 7.05 Å². The van der Waals surface area contributed by atoms with Gasteiger partial charge in [0.1, 0.15) is 5.82 Å². The molecule has 33 heavy (non-hydrogen) atoms. The summed E-state index contributed by atoms with van der Waals surface area (Å²) < 4.78 is 2.10. The maximum absolute atomic E-state index is 13.1. The third-order valence-corrected chi connectivity index (χ3v) is 6.87. The molecular weight excluding hydrogens is 432 g/mol. The van der Waals surface area contributed by atoms with Crippen molar-refractivity contribution in [3.63, 3.8) is 0 Å². The zero-order chi connectivity index (χ0) is 23.5. The molecule has 3 aromatic heterocycles. The number of benzene rings is 2. The van der Waals surface area contributed by atoms with Crippen molar-refractivity contribution in [2.75, 3.05) is 5.32 Å². The van der Waals surface area contributed by atoms with Gasteiger partial charge in [-0.2, -0.15) is 0 Å². The molecule has 6 heteroatoms. The Balaban J connectivity index is 1.89. The summed E-state index contributed by atoms with van der Waals surface area (Å²) in [5.74, 6) is 0.753. The summed E-state index contributed by atoms with van der Waals surface area (Å²) in [6, 6.07) is 14.0. The summed E-state index contributed by atoms with van der Waals surface area (Å²) in [4.78, 5) is 21.1. The number of anilines is 1. The van der Waals surface area contributed by atoms with Crippen LogP contribution in [0.3, 0.4) is 0 Å². The van der Waals surface area contributed by atoms with Gasteiger partial charge < -0.3 is 14.9 Å². The molecule has 0 saturated heterocycles. The Bertz CT molecular complexity index is 1590. The minimum atomic E-state index is -0.177. The lowest BCUT2D eigenvalue weighted by Gasteiger charge is -2.29. The molecule has 0 aliphatic heterocycles. The Labute approximate surface area is 197 Å². The Morgan fingerprint density at radius 3 is 2.58 bits per heavy atom. The molecule has 0 spiro atoms. The van der Waals surface area contributed by atoms with E-state index >= 15 is 0 Å². The topological polar surface area (TPSA) is 62.7 Å². The van der Waals surface area contributed by atoms with Gasteiger partial charge in [-0.3, -0.25) is 4.79 Å². The van der Waals surface area contributed by atoms with E-state index in [1.54, 1.807) is 6.20 Å². The van der Waals surface area contributed by atoms with Gasteiger partial charge in [0.05, 0.1) is 10.9 Å². The molecule has 0 saturated carbocycles. The Morgan fingerprint density at radius 1 is 1.06 bits per heavy atom. The van der Waals surface area contributed by atoms with Crippen LogP contribution in [0.1, 0.15) is 27.7 Å². The van der Waals surface area contributed by atoms with Crippen molar-refractivity contribution in [2.24, 2.45) is 12.5 Å². The molecule has 2 aromatic carbocycles. The highest BCUT2D eigenvalue weighted by atomic mass is 35.5. The van der Waals surface area contributed by atoms with E-state index in [-0.39, 0.29) is 17.0 Å². The van der Waals surface area contributed by atoms with Crippen molar-refractivity contribution in [1.29, 1.82) is 0 Å². The number of pyridine rings is 2. The number of fused-ring (bicyclic) bond motifs is 4. The third-order valence-electron chi connectivity index (χ3n) is 6.64. The van der Waals surface area contributed by atoms with Crippen molar-refractivity contribution in [2.45, 2.75) is 33.7 Å². The SMILES string of the molecule is CC(Nc1nc2c(-c3cn(C)c4ccccc34)c[nH]c(=O)c2c2cc(Cl)ccc12)C(C)(C)C. The van der Waals surface area contributed by atoms with Crippen molar-refractivity contribution in [1.82, 2.24) is 14.5 Å². The highest BCUT2D eigenvalue weighted by Crippen LogP contribution is 2.37. The van der Waals surface area contributed by atoms with Crippen LogP contribution in [0, 0.1) is 5.41 Å². The van der Waals surface area contributed by atoms with E-state index in [0.29, 0.717) is 15.9 Å². The largest absolute Gasteiger partial charge is 0.367 e. The molecule has 2 N–H and O–H groups in total. The second kappa shape index (κ2) is 7.63. The molecule has 5 aromatic rings. The molecule has 0 bridgehead atoms. The van der Waals surface area contributed by atoms with Crippen LogP contribution in [0.2, 0.25) is 5.02 Å². The molecule has 0 fully saturated rings.